The molecule has 1 aliphatic heterocycles. The smallest absolute Gasteiger partial charge is 0.225 e. The van der Waals surface area contributed by atoms with Crippen LogP contribution in [0.5, 0.6) is 0 Å². The van der Waals surface area contributed by atoms with Crippen molar-refractivity contribution < 1.29 is 4.79 Å². The number of benzene rings is 1. The van der Waals surface area contributed by atoms with E-state index >= 15 is 0 Å². The third-order valence-electron chi connectivity index (χ3n) is 5.73. The number of guanidine groups is 1. The molecule has 1 aliphatic carbocycles. The zero-order valence-corrected chi connectivity index (χ0v) is 21.1. The first-order chi connectivity index (χ1) is 13.6. The first kappa shape index (κ1) is 24.6. The highest BCUT2D eigenvalue weighted by Crippen LogP contribution is 2.28. The number of hydrogen-bond acceptors (Lipinski definition) is 3. The highest BCUT2D eigenvalue weighted by atomic mass is 127. The van der Waals surface area contributed by atoms with Crippen LogP contribution >= 0.6 is 47.3 Å². The molecule has 0 bridgehead atoms. The third-order valence-corrected chi connectivity index (χ3v) is 6.97. The molecule has 1 amide bonds. The second-order valence-corrected chi connectivity index (χ2v) is 9.10. The Morgan fingerprint density at radius 2 is 2.10 bits per heavy atom. The van der Waals surface area contributed by atoms with Gasteiger partial charge in [-0.15, -0.1) is 24.0 Å². The molecule has 2 unspecified atom stereocenters. The number of rotatable bonds is 6. The minimum absolute atomic E-state index is 0. The predicted molar refractivity (Wildman–Crippen MR) is 135 cm³/mol. The lowest BCUT2D eigenvalue weighted by molar-refractivity contribution is -0.134. The average Bonchev–Trinajstić information content (AvgIpc) is 3.39. The number of aliphatic imine (C=N–C) groups is 1. The van der Waals surface area contributed by atoms with Crippen LogP contribution < -0.4 is 10.6 Å². The largest absolute Gasteiger partial charge is 0.355 e. The van der Waals surface area contributed by atoms with Crippen molar-refractivity contribution in [2.75, 3.05) is 32.9 Å². The van der Waals surface area contributed by atoms with Crippen LogP contribution in [-0.4, -0.2) is 55.7 Å². The van der Waals surface area contributed by atoms with Gasteiger partial charge in [-0.25, -0.2) is 0 Å². The van der Waals surface area contributed by atoms with Gasteiger partial charge in [0.1, 0.15) is 0 Å². The lowest BCUT2D eigenvalue weighted by Gasteiger charge is -2.22. The molecule has 0 spiro atoms. The summed E-state index contributed by atoms with van der Waals surface area (Å²) in [6.45, 7) is 2.38. The van der Waals surface area contributed by atoms with E-state index in [1.54, 1.807) is 18.8 Å². The Bertz CT molecular complexity index is 699. The van der Waals surface area contributed by atoms with Crippen LogP contribution in [-0.2, 0) is 4.79 Å². The van der Waals surface area contributed by atoms with Gasteiger partial charge in [0.15, 0.2) is 5.96 Å². The van der Waals surface area contributed by atoms with E-state index in [1.165, 1.54) is 18.4 Å². The molecule has 29 heavy (non-hydrogen) atoms. The number of amides is 1. The van der Waals surface area contributed by atoms with Crippen LogP contribution in [0.25, 0.3) is 0 Å². The highest BCUT2D eigenvalue weighted by Gasteiger charge is 2.32. The molecule has 0 aromatic heterocycles. The Morgan fingerprint density at radius 1 is 1.34 bits per heavy atom. The molecule has 0 radical (unpaired) electrons. The zero-order valence-electron chi connectivity index (χ0n) is 17.2. The molecule has 3 rings (SSSR count). The fraction of sp³-hybridized carbons (Fsp3) is 0.619. The summed E-state index contributed by atoms with van der Waals surface area (Å²) >= 11 is 7.93. The average molecular weight is 551 g/mol. The van der Waals surface area contributed by atoms with Crippen LogP contribution in [0.1, 0.15) is 42.9 Å². The summed E-state index contributed by atoms with van der Waals surface area (Å²) in [6.07, 6.45) is 7.61. The topological polar surface area (TPSA) is 56.7 Å². The maximum atomic E-state index is 12.6. The second kappa shape index (κ2) is 12.2. The van der Waals surface area contributed by atoms with Crippen LogP contribution in [0.3, 0.4) is 0 Å². The summed E-state index contributed by atoms with van der Waals surface area (Å²) in [6, 6.07) is 8.27. The lowest BCUT2D eigenvalue weighted by atomic mass is 10.1. The van der Waals surface area contributed by atoms with E-state index < -0.39 is 0 Å². The van der Waals surface area contributed by atoms with Gasteiger partial charge in [0.05, 0.1) is 0 Å². The van der Waals surface area contributed by atoms with Crippen molar-refractivity contribution in [3.8, 4) is 0 Å². The number of carbonyl (C=O) groups excluding carboxylic acids is 1. The molecule has 162 valence electrons. The summed E-state index contributed by atoms with van der Waals surface area (Å²) in [5.41, 5.74) is 1.21. The van der Waals surface area contributed by atoms with Gasteiger partial charge in [0.25, 0.3) is 0 Å². The minimum atomic E-state index is 0. The predicted octanol–water partition coefficient (Wildman–Crippen LogP) is 4.32. The molecule has 5 nitrogen and oxygen atoms in total. The molecule has 1 aromatic rings. The molecule has 2 atom stereocenters. The van der Waals surface area contributed by atoms with Crippen molar-refractivity contribution in [2.45, 2.75) is 43.4 Å². The number of likely N-dealkylation sites (tertiary alicyclic amines) is 1. The molecule has 1 aromatic carbocycles. The summed E-state index contributed by atoms with van der Waals surface area (Å²) in [5, 5.41) is 7.98. The Kier molecular flexibility index (Phi) is 10.4. The fourth-order valence-corrected chi connectivity index (χ4v) is 5.00. The van der Waals surface area contributed by atoms with E-state index in [0.717, 1.165) is 49.9 Å². The van der Waals surface area contributed by atoms with Gasteiger partial charge in [0, 0.05) is 48.9 Å². The molecular formula is C21H32ClIN4OS. The van der Waals surface area contributed by atoms with Gasteiger partial charge in [-0.1, -0.05) is 36.6 Å². The summed E-state index contributed by atoms with van der Waals surface area (Å²) in [4.78, 5) is 19.0. The standard InChI is InChI=1S/C21H31ClN4OS.HI/c1-23-21(24-13-19(28-2)16-8-5-9-17(22)12-16)25-18-10-11-26(14-18)20(27)15-6-3-4-7-15;/h5,8-9,12,15,18-19H,3-4,6-7,10-11,13-14H2,1-2H3,(H2,23,24,25);1H. The summed E-state index contributed by atoms with van der Waals surface area (Å²) in [5.74, 6) is 1.41. The van der Waals surface area contributed by atoms with Crippen molar-refractivity contribution in [3.63, 3.8) is 0 Å². The second-order valence-electron chi connectivity index (χ2n) is 7.63. The first-order valence-electron chi connectivity index (χ1n) is 10.1. The van der Waals surface area contributed by atoms with Crippen LogP contribution in [0.2, 0.25) is 5.02 Å². The van der Waals surface area contributed by atoms with Crippen molar-refractivity contribution in [1.82, 2.24) is 15.5 Å². The molecule has 2 aliphatic rings. The quantitative estimate of drug-likeness (QED) is 0.315. The van der Waals surface area contributed by atoms with Gasteiger partial charge in [-0.2, -0.15) is 11.8 Å². The molecule has 1 heterocycles. The van der Waals surface area contributed by atoms with Gasteiger partial charge < -0.3 is 15.5 Å². The number of hydrogen-bond donors (Lipinski definition) is 2. The van der Waals surface area contributed by atoms with Crippen molar-refractivity contribution in [2.24, 2.45) is 10.9 Å². The Morgan fingerprint density at radius 3 is 2.76 bits per heavy atom. The summed E-state index contributed by atoms with van der Waals surface area (Å²) < 4.78 is 0. The van der Waals surface area contributed by atoms with Crippen molar-refractivity contribution >= 4 is 59.2 Å². The first-order valence-corrected chi connectivity index (χ1v) is 11.8. The van der Waals surface area contributed by atoms with Crippen LogP contribution in [0.4, 0.5) is 0 Å². The maximum absolute atomic E-state index is 12.6. The molecule has 1 saturated carbocycles. The normalized spacial score (nSPS) is 21.0. The monoisotopic (exact) mass is 550 g/mol. The molecular weight excluding hydrogens is 519 g/mol. The van der Waals surface area contributed by atoms with Gasteiger partial charge >= 0.3 is 0 Å². The van der Waals surface area contributed by atoms with Gasteiger partial charge in [0.2, 0.25) is 5.91 Å². The Hall–Kier alpha value is -0.670. The van der Waals surface area contributed by atoms with Crippen LogP contribution in [0, 0.1) is 5.92 Å². The van der Waals surface area contributed by atoms with E-state index in [4.69, 9.17) is 11.6 Å². The van der Waals surface area contributed by atoms with E-state index in [0.29, 0.717) is 11.2 Å². The van der Waals surface area contributed by atoms with E-state index in [-0.39, 0.29) is 35.9 Å². The number of thioether (sulfide) groups is 1. The Balaban J connectivity index is 0.00000300. The van der Waals surface area contributed by atoms with E-state index in [9.17, 15) is 4.79 Å². The maximum Gasteiger partial charge on any atom is 0.225 e. The third kappa shape index (κ3) is 6.92. The number of nitrogens with one attached hydrogen (secondary N) is 2. The molecule has 2 N–H and O–H groups in total. The van der Waals surface area contributed by atoms with E-state index in [1.807, 2.05) is 23.1 Å². The molecule has 8 heteroatoms. The van der Waals surface area contributed by atoms with Gasteiger partial charge in [-0.05, 0) is 43.2 Å². The Labute approximate surface area is 200 Å². The fourth-order valence-electron chi connectivity index (χ4n) is 4.13. The lowest BCUT2D eigenvalue weighted by Crippen LogP contribution is -2.46. The number of nitrogens with zero attached hydrogens (tertiary/aromatic N) is 2. The van der Waals surface area contributed by atoms with Gasteiger partial charge in [-0.3, -0.25) is 9.79 Å². The molecule has 2 fully saturated rings. The minimum Gasteiger partial charge on any atom is -0.355 e. The summed E-state index contributed by atoms with van der Waals surface area (Å²) in [7, 11) is 1.79. The SMILES string of the molecule is CN=C(NCC(SC)c1cccc(Cl)c1)NC1CCN(C(=O)C2CCCC2)C1.I. The number of carbonyl (C=O) groups is 1. The van der Waals surface area contributed by atoms with E-state index in [2.05, 4.69) is 27.9 Å². The van der Waals surface area contributed by atoms with Crippen LogP contribution in [0.15, 0.2) is 29.3 Å². The van der Waals surface area contributed by atoms with Crippen molar-refractivity contribution in [3.05, 3.63) is 34.9 Å². The highest BCUT2D eigenvalue weighted by molar-refractivity contribution is 14.0. The zero-order chi connectivity index (χ0) is 19.9. The van der Waals surface area contributed by atoms with Crippen molar-refractivity contribution in [1.29, 1.82) is 0 Å². The molecule has 1 saturated heterocycles. The number of halogens is 2.